The molecular formula is C27H26N4O3. The number of fused-ring (bicyclic) bond motifs is 1. The van der Waals surface area contributed by atoms with Crippen molar-refractivity contribution in [1.29, 1.82) is 0 Å². The summed E-state index contributed by atoms with van der Waals surface area (Å²) in [6, 6.07) is 16.5. The SMILES string of the molecule is O=C(O)c1ccc2[nH]c(O)c(C(=Nc3ccc(CN4CCCCC4)cc3)c3ccncc3)c2c1. The van der Waals surface area contributed by atoms with Crippen LogP contribution in [-0.2, 0) is 6.54 Å². The molecule has 1 aliphatic heterocycles. The number of carboxylic acid groups (broad SMARTS) is 1. The maximum Gasteiger partial charge on any atom is 0.335 e. The van der Waals surface area contributed by atoms with Crippen LogP contribution in [0.5, 0.6) is 5.88 Å². The topological polar surface area (TPSA) is 102 Å². The summed E-state index contributed by atoms with van der Waals surface area (Å²) in [4.78, 5) is 26.0. The van der Waals surface area contributed by atoms with Gasteiger partial charge in [0, 0.05) is 35.4 Å². The van der Waals surface area contributed by atoms with Gasteiger partial charge in [-0.15, -0.1) is 0 Å². The molecule has 7 heteroatoms. The Morgan fingerprint density at radius 1 is 0.971 bits per heavy atom. The fourth-order valence-electron chi connectivity index (χ4n) is 4.51. The van der Waals surface area contributed by atoms with Crippen molar-refractivity contribution in [3.63, 3.8) is 0 Å². The number of aromatic carboxylic acids is 1. The van der Waals surface area contributed by atoms with Gasteiger partial charge in [0.05, 0.1) is 22.5 Å². The average Bonchev–Trinajstić information content (AvgIpc) is 3.19. The van der Waals surface area contributed by atoms with Crippen molar-refractivity contribution >= 4 is 28.3 Å². The van der Waals surface area contributed by atoms with Gasteiger partial charge in [-0.3, -0.25) is 9.88 Å². The van der Waals surface area contributed by atoms with Crippen molar-refractivity contribution in [3.8, 4) is 5.88 Å². The highest BCUT2D eigenvalue weighted by Gasteiger charge is 2.20. The highest BCUT2D eigenvalue weighted by atomic mass is 16.4. The zero-order valence-electron chi connectivity index (χ0n) is 18.7. The molecule has 3 heterocycles. The molecule has 172 valence electrons. The van der Waals surface area contributed by atoms with Gasteiger partial charge in [0.2, 0.25) is 0 Å². The quantitative estimate of drug-likeness (QED) is 0.351. The van der Waals surface area contributed by atoms with Crippen LogP contribution < -0.4 is 0 Å². The molecule has 0 radical (unpaired) electrons. The number of hydrogen-bond donors (Lipinski definition) is 3. The molecule has 4 aromatic rings. The highest BCUT2D eigenvalue weighted by molar-refractivity contribution is 6.22. The Morgan fingerprint density at radius 3 is 2.41 bits per heavy atom. The van der Waals surface area contributed by atoms with E-state index in [9.17, 15) is 15.0 Å². The lowest BCUT2D eigenvalue weighted by Crippen LogP contribution is -2.28. The van der Waals surface area contributed by atoms with Gasteiger partial charge < -0.3 is 15.2 Å². The van der Waals surface area contributed by atoms with Gasteiger partial charge in [-0.05, 0) is 74.0 Å². The average molecular weight is 455 g/mol. The number of H-pyrrole nitrogens is 1. The van der Waals surface area contributed by atoms with E-state index >= 15 is 0 Å². The second kappa shape index (κ2) is 9.49. The number of aromatic hydroxyl groups is 1. The van der Waals surface area contributed by atoms with E-state index in [1.807, 2.05) is 24.3 Å². The lowest BCUT2D eigenvalue weighted by Gasteiger charge is -2.26. The fourth-order valence-corrected chi connectivity index (χ4v) is 4.51. The van der Waals surface area contributed by atoms with E-state index in [0.29, 0.717) is 22.2 Å². The zero-order chi connectivity index (χ0) is 23.5. The first kappa shape index (κ1) is 21.9. The van der Waals surface area contributed by atoms with Crippen molar-refractivity contribution < 1.29 is 15.0 Å². The number of carbonyl (C=O) groups is 1. The summed E-state index contributed by atoms with van der Waals surface area (Å²) in [5.74, 6) is -1.09. The lowest BCUT2D eigenvalue weighted by molar-refractivity contribution is 0.0697. The van der Waals surface area contributed by atoms with Crippen LogP contribution in [0, 0.1) is 0 Å². The van der Waals surface area contributed by atoms with Crippen molar-refractivity contribution in [3.05, 3.63) is 89.2 Å². The molecule has 1 saturated heterocycles. The van der Waals surface area contributed by atoms with Gasteiger partial charge in [0.15, 0.2) is 5.88 Å². The van der Waals surface area contributed by atoms with Gasteiger partial charge in [0.1, 0.15) is 0 Å². The molecule has 0 unspecified atom stereocenters. The Labute approximate surface area is 197 Å². The second-order valence-electron chi connectivity index (χ2n) is 8.61. The number of aromatic amines is 1. The Bertz CT molecular complexity index is 1340. The summed E-state index contributed by atoms with van der Waals surface area (Å²) in [5, 5.41) is 20.8. The number of piperidine rings is 1. The van der Waals surface area contributed by atoms with Crippen molar-refractivity contribution in [1.82, 2.24) is 14.9 Å². The number of likely N-dealkylation sites (tertiary alicyclic amines) is 1. The van der Waals surface area contributed by atoms with Crippen LogP contribution in [0.2, 0.25) is 0 Å². The largest absolute Gasteiger partial charge is 0.494 e. The van der Waals surface area contributed by atoms with Gasteiger partial charge in [0.25, 0.3) is 0 Å². The summed E-state index contributed by atoms with van der Waals surface area (Å²) >= 11 is 0. The van der Waals surface area contributed by atoms with E-state index in [4.69, 9.17) is 4.99 Å². The third-order valence-corrected chi connectivity index (χ3v) is 6.25. The Kier molecular flexibility index (Phi) is 6.10. The predicted octanol–water partition coefficient (Wildman–Crippen LogP) is 5.12. The minimum atomic E-state index is -1.03. The minimum absolute atomic E-state index is 0.0604. The van der Waals surface area contributed by atoms with Gasteiger partial charge in [-0.1, -0.05) is 18.6 Å². The molecule has 1 fully saturated rings. The molecule has 0 saturated carbocycles. The second-order valence-corrected chi connectivity index (χ2v) is 8.61. The normalized spacial score (nSPS) is 15.0. The van der Waals surface area contributed by atoms with Crippen LogP contribution in [0.25, 0.3) is 10.9 Å². The van der Waals surface area contributed by atoms with E-state index in [2.05, 4.69) is 27.0 Å². The molecule has 2 aromatic heterocycles. The molecule has 5 rings (SSSR count). The van der Waals surface area contributed by atoms with Gasteiger partial charge in [-0.2, -0.15) is 0 Å². The Balaban J connectivity index is 1.56. The monoisotopic (exact) mass is 454 g/mol. The molecule has 0 spiro atoms. The minimum Gasteiger partial charge on any atom is -0.494 e. The Morgan fingerprint density at radius 2 is 1.71 bits per heavy atom. The predicted molar refractivity (Wildman–Crippen MR) is 132 cm³/mol. The zero-order valence-corrected chi connectivity index (χ0v) is 18.7. The van der Waals surface area contributed by atoms with Crippen molar-refractivity contribution in [2.75, 3.05) is 13.1 Å². The molecule has 7 nitrogen and oxygen atoms in total. The molecule has 0 amide bonds. The number of nitrogens with zero attached hydrogens (tertiary/aromatic N) is 3. The maximum absolute atomic E-state index is 11.6. The van der Waals surface area contributed by atoms with Gasteiger partial charge in [-0.25, -0.2) is 9.79 Å². The van der Waals surface area contributed by atoms with Crippen LogP contribution in [0.1, 0.15) is 46.3 Å². The van der Waals surface area contributed by atoms with Gasteiger partial charge >= 0.3 is 5.97 Å². The number of carboxylic acids is 1. The van der Waals surface area contributed by atoms with Crippen LogP contribution in [0.3, 0.4) is 0 Å². The fraction of sp³-hybridized carbons (Fsp3) is 0.222. The summed E-state index contributed by atoms with van der Waals surface area (Å²) in [6.07, 6.45) is 7.17. The number of aliphatic imine (C=N–C) groups is 1. The third kappa shape index (κ3) is 4.56. The Hall–Kier alpha value is -3.97. The smallest absolute Gasteiger partial charge is 0.335 e. The molecule has 3 N–H and O–H groups in total. The number of benzene rings is 2. The number of nitrogens with one attached hydrogen (secondary N) is 1. The highest BCUT2D eigenvalue weighted by Crippen LogP contribution is 2.32. The van der Waals surface area contributed by atoms with E-state index in [0.717, 1.165) is 30.9 Å². The van der Waals surface area contributed by atoms with Crippen molar-refractivity contribution in [2.24, 2.45) is 4.99 Å². The van der Waals surface area contributed by atoms with Crippen LogP contribution in [0.15, 0.2) is 72.0 Å². The van der Waals surface area contributed by atoms with E-state index in [1.54, 1.807) is 24.5 Å². The summed E-state index contributed by atoms with van der Waals surface area (Å²) in [7, 11) is 0. The molecule has 1 aliphatic rings. The first-order valence-electron chi connectivity index (χ1n) is 11.5. The molecule has 0 bridgehead atoms. The summed E-state index contributed by atoms with van der Waals surface area (Å²) in [5.41, 5.74) is 4.54. The molecule has 0 aliphatic carbocycles. The maximum atomic E-state index is 11.6. The molecular weight excluding hydrogens is 428 g/mol. The number of pyridine rings is 1. The first-order chi connectivity index (χ1) is 16.6. The summed E-state index contributed by atoms with van der Waals surface area (Å²) in [6.45, 7) is 3.22. The summed E-state index contributed by atoms with van der Waals surface area (Å²) < 4.78 is 0. The van der Waals surface area contributed by atoms with Crippen LogP contribution in [-0.4, -0.2) is 49.9 Å². The van der Waals surface area contributed by atoms with Crippen LogP contribution in [0.4, 0.5) is 5.69 Å². The molecule has 0 atom stereocenters. The van der Waals surface area contributed by atoms with E-state index < -0.39 is 5.97 Å². The molecule has 2 aromatic carbocycles. The third-order valence-electron chi connectivity index (χ3n) is 6.25. The standard InChI is InChI=1S/C27H26N4O3/c32-26-24(22-16-20(27(33)34)6-9-23(22)30-26)25(19-10-12-28-13-11-19)29-21-7-4-18(5-8-21)17-31-14-2-1-3-15-31/h4-13,16,30,32H,1-3,14-15,17H2,(H,33,34). The first-order valence-corrected chi connectivity index (χ1v) is 11.5. The van der Waals surface area contributed by atoms with Crippen molar-refractivity contribution in [2.45, 2.75) is 25.8 Å². The van der Waals surface area contributed by atoms with E-state index in [-0.39, 0.29) is 11.4 Å². The number of rotatable bonds is 6. The van der Waals surface area contributed by atoms with E-state index in [1.165, 1.54) is 30.9 Å². The van der Waals surface area contributed by atoms with Crippen LogP contribution >= 0.6 is 0 Å². The molecule has 34 heavy (non-hydrogen) atoms. The number of hydrogen-bond acceptors (Lipinski definition) is 5. The lowest BCUT2D eigenvalue weighted by atomic mass is 10.0. The number of aromatic nitrogens is 2.